The Kier molecular flexibility index (Phi) is 4.24. The smallest absolute Gasteiger partial charge is 0.228 e. The van der Waals surface area contributed by atoms with Crippen LogP contribution in [0.4, 0.5) is 0 Å². The van der Waals surface area contributed by atoms with Crippen LogP contribution < -0.4 is 5.32 Å². The van der Waals surface area contributed by atoms with E-state index in [-0.39, 0.29) is 11.3 Å². The molecule has 0 radical (unpaired) electrons. The molecule has 1 aliphatic heterocycles. The summed E-state index contributed by atoms with van der Waals surface area (Å²) in [6.45, 7) is 6.67. The number of piperidine rings is 1. The highest BCUT2D eigenvalue weighted by Gasteiger charge is 2.38. The van der Waals surface area contributed by atoms with E-state index >= 15 is 0 Å². The summed E-state index contributed by atoms with van der Waals surface area (Å²) in [6, 6.07) is 0. The number of hydrogen-bond donors (Lipinski definition) is 2. The average Bonchev–Trinajstić information content (AvgIpc) is 2.91. The molecule has 1 aliphatic rings. The number of nitrogens with one attached hydrogen (secondary N) is 2. The quantitative estimate of drug-likeness (QED) is 0.864. The first-order valence-electron chi connectivity index (χ1n) is 6.96. The summed E-state index contributed by atoms with van der Waals surface area (Å²) in [5.41, 5.74) is -0.325. The predicted octanol–water partition coefficient (Wildman–Crippen LogP) is 1.39. The van der Waals surface area contributed by atoms with Gasteiger partial charge in [0, 0.05) is 24.9 Å². The number of aromatic amines is 1. The average molecular weight is 264 g/mol. The van der Waals surface area contributed by atoms with Gasteiger partial charge in [0.1, 0.15) is 5.82 Å². The Bertz CT molecular complexity index is 407. The summed E-state index contributed by atoms with van der Waals surface area (Å²) in [5, 5.41) is 3.39. The number of nitrogens with zero attached hydrogens (tertiary/aromatic N) is 2. The maximum absolute atomic E-state index is 12.6. The number of carbonyl (C=O) groups excluding carboxylic acids is 1. The van der Waals surface area contributed by atoms with Crippen LogP contribution in [-0.4, -0.2) is 40.9 Å². The maximum atomic E-state index is 12.6. The zero-order chi connectivity index (χ0) is 13.9. The maximum Gasteiger partial charge on any atom is 0.228 e. The molecule has 1 fully saturated rings. The van der Waals surface area contributed by atoms with Gasteiger partial charge in [-0.25, -0.2) is 4.98 Å². The Hall–Kier alpha value is -1.36. The Labute approximate surface area is 114 Å². The lowest BCUT2D eigenvalue weighted by molar-refractivity contribution is -0.143. The molecule has 0 saturated carbocycles. The molecule has 19 heavy (non-hydrogen) atoms. The van der Waals surface area contributed by atoms with Crippen LogP contribution in [0.5, 0.6) is 0 Å². The molecule has 0 aliphatic carbocycles. The lowest BCUT2D eigenvalue weighted by Crippen LogP contribution is -2.47. The third kappa shape index (κ3) is 3.15. The van der Waals surface area contributed by atoms with Gasteiger partial charge >= 0.3 is 0 Å². The second-order valence-corrected chi connectivity index (χ2v) is 5.96. The van der Waals surface area contributed by atoms with Crippen molar-refractivity contribution in [2.75, 3.05) is 20.1 Å². The number of carbonyl (C=O) groups is 1. The predicted molar refractivity (Wildman–Crippen MR) is 74.4 cm³/mol. The van der Waals surface area contributed by atoms with Gasteiger partial charge in [0.05, 0.1) is 6.54 Å². The van der Waals surface area contributed by atoms with E-state index in [1.54, 1.807) is 17.3 Å². The molecule has 2 heterocycles. The lowest BCUT2D eigenvalue weighted by Gasteiger charge is -2.38. The number of rotatable bonds is 4. The zero-order valence-electron chi connectivity index (χ0n) is 12.1. The van der Waals surface area contributed by atoms with E-state index in [9.17, 15) is 4.79 Å². The number of hydrogen-bond acceptors (Lipinski definition) is 3. The van der Waals surface area contributed by atoms with E-state index in [1.165, 1.54) is 0 Å². The fourth-order valence-corrected chi connectivity index (χ4v) is 2.82. The van der Waals surface area contributed by atoms with Crippen molar-refractivity contribution in [1.82, 2.24) is 20.2 Å². The number of aromatic nitrogens is 2. The van der Waals surface area contributed by atoms with Crippen LogP contribution in [0, 0.1) is 11.3 Å². The Morgan fingerprint density at radius 1 is 1.58 bits per heavy atom. The summed E-state index contributed by atoms with van der Waals surface area (Å²) < 4.78 is 0. The van der Waals surface area contributed by atoms with E-state index in [0.717, 1.165) is 31.8 Å². The summed E-state index contributed by atoms with van der Waals surface area (Å²) in [6.07, 6.45) is 5.78. The van der Waals surface area contributed by atoms with Gasteiger partial charge in [-0.05, 0) is 31.8 Å². The van der Waals surface area contributed by atoms with Crippen LogP contribution in [0.2, 0.25) is 0 Å². The van der Waals surface area contributed by atoms with Crippen molar-refractivity contribution in [3.8, 4) is 0 Å². The van der Waals surface area contributed by atoms with Gasteiger partial charge in [0.15, 0.2) is 0 Å². The van der Waals surface area contributed by atoms with Crippen LogP contribution in [0.15, 0.2) is 12.4 Å². The van der Waals surface area contributed by atoms with Crippen molar-refractivity contribution < 1.29 is 4.79 Å². The fourth-order valence-electron chi connectivity index (χ4n) is 2.82. The van der Waals surface area contributed by atoms with Crippen LogP contribution in [0.3, 0.4) is 0 Å². The summed E-state index contributed by atoms with van der Waals surface area (Å²) in [4.78, 5) is 21.6. The number of imidazole rings is 1. The third-order valence-electron chi connectivity index (χ3n) is 4.16. The molecular weight excluding hydrogens is 240 g/mol. The summed E-state index contributed by atoms with van der Waals surface area (Å²) >= 11 is 0. The first-order valence-corrected chi connectivity index (χ1v) is 6.96. The monoisotopic (exact) mass is 264 g/mol. The third-order valence-corrected chi connectivity index (χ3v) is 4.16. The summed E-state index contributed by atoms with van der Waals surface area (Å²) in [7, 11) is 1.85. The Morgan fingerprint density at radius 2 is 2.37 bits per heavy atom. The molecule has 106 valence electrons. The molecule has 1 unspecified atom stereocenters. The van der Waals surface area contributed by atoms with Gasteiger partial charge in [-0.1, -0.05) is 13.8 Å². The Balaban J connectivity index is 2.00. The van der Waals surface area contributed by atoms with Crippen molar-refractivity contribution in [1.29, 1.82) is 0 Å². The fraction of sp³-hybridized carbons (Fsp3) is 0.714. The van der Waals surface area contributed by atoms with Crippen molar-refractivity contribution >= 4 is 5.91 Å². The van der Waals surface area contributed by atoms with E-state index in [0.29, 0.717) is 12.5 Å². The second kappa shape index (κ2) is 5.74. The van der Waals surface area contributed by atoms with E-state index in [2.05, 4.69) is 29.1 Å². The normalized spacial score (nSPS) is 20.3. The van der Waals surface area contributed by atoms with E-state index in [4.69, 9.17) is 0 Å². The zero-order valence-corrected chi connectivity index (χ0v) is 12.1. The largest absolute Gasteiger partial charge is 0.347 e. The molecule has 1 amide bonds. The van der Waals surface area contributed by atoms with Crippen LogP contribution in [0.1, 0.15) is 32.5 Å². The van der Waals surface area contributed by atoms with Gasteiger partial charge in [-0.2, -0.15) is 0 Å². The molecule has 0 bridgehead atoms. The first-order chi connectivity index (χ1) is 9.01. The number of H-pyrrole nitrogens is 1. The Morgan fingerprint density at radius 3 is 2.95 bits per heavy atom. The van der Waals surface area contributed by atoms with Gasteiger partial charge < -0.3 is 15.2 Å². The molecule has 5 nitrogen and oxygen atoms in total. The molecule has 5 heteroatoms. The molecule has 1 aromatic heterocycles. The van der Waals surface area contributed by atoms with Crippen molar-refractivity contribution in [3.05, 3.63) is 18.2 Å². The molecular formula is C14H24N4O. The van der Waals surface area contributed by atoms with Gasteiger partial charge in [-0.15, -0.1) is 0 Å². The van der Waals surface area contributed by atoms with Crippen molar-refractivity contribution in [2.24, 2.45) is 11.3 Å². The highest BCUT2D eigenvalue weighted by atomic mass is 16.2. The topological polar surface area (TPSA) is 61.0 Å². The lowest BCUT2D eigenvalue weighted by atomic mass is 9.74. The van der Waals surface area contributed by atoms with Crippen LogP contribution in [0.25, 0.3) is 0 Å². The van der Waals surface area contributed by atoms with Gasteiger partial charge in [0.2, 0.25) is 5.91 Å². The SMILES string of the molecule is CN(Cc1ncc[nH]1)C(=O)C(C)(C)C1CCCNC1. The highest BCUT2D eigenvalue weighted by Crippen LogP contribution is 2.33. The molecule has 1 saturated heterocycles. The minimum atomic E-state index is -0.325. The van der Waals surface area contributed by atoms with Crippen LogP contribution in [-0.2, 0) is 11.3 Å². The highest BCUT2D eigenvalue weighted by molar-refractivity contribution is 5.82. The minimum absolute atomic E-state index is 0.192. The van der Waals surface area contributed by atoms with Crippen LogP contribution >= 0.6 is 0 Å². The molecule has 1 atom stereocenters. The molecule has 2 N–H and O–H groups in total. The number of amides is 1. The molecule has 0 spiro atoms. The molecule has 1 aromatic rings. The summed E-state index contributed by atoms with van der Waals surface area (Å²) in [5.74, 6) is 1.43. The first kappa shape index (κ1) is 14.1. The standard InChI is InChI=1S/C14H24N4O/c1-14(2,11-5-4-6-15-9-11)13(19)18(3)10-12-16-7-8-17-12/h7-8,11,15H,4-6,9-10H2,1-3H3,(H,16,17). The van der Waals surface area contributed by atoms with Gasteiger partial charge in [-0.3, -0.25) is 4.79 Å². The molecule has 0 aromatic carbocycles. The van der Waals surface area contributed by atoms with E-state index in [1.807, 2.05) is 7.05 Å². The van der Waals surface area contributed by atoms with Crippen molar-refractivity contribution in [2.45, 2.75) is 33.2 Å². The second-order valence-electron chi connectivity index (χ2n) is 5.96. The van der Waals surface area contributed by atoms with Gasteiger partial charge in [0.25, 0.3) is 0 Å². The molecule has 2 rings (SSSR count). The minimum Gasteiger partial charge on any atom is -0.347 e. The van der Waals surface area contributed by atoms with E-state index < -0.39 is 0 Å². The van der Waals surface area contributed by atoms with Crippen molar-refractivity contribution in [3.63, 3.8) is 0 Å².